The molecule has 0 unspecified atom stereocenters. The second kappa shape index (κ2) is 10.7. The fraction of sp³-hybridized carbons (Fsp3) is 0.200. The average molecular weight is 571 g/mol. The van der Waals surface area contributed by atoms with Gasteiger partial charge in [-0.05, 0) is 41.5 Å². The van der Waals surface area contributed by atoms with E-state index < -0.39 is 57.0 Å². The fourth-order valence-electron chi connectivity index (χ4n) is 4.01. The molecule has 1 heterocycles. The van der Waals surface area contributed by atoms with Gasteiger partial charge in [-0.2, -0.15) is 17.5 Å². The largest absolute Gasteiger partial charge is 0.454 e. The first kappa shape index (κ1) is 27.6. The number of nitrogens with one attached hydrogen (secondary N) is 1. The number of fused-ring (bicyclic) bond motifs is 1. The van der Waals surface area contributed by atoms with E-state index in [1.165, 1.54) is 6.07 Å². The molecule has 38 heavy (non-hydrogen) atoms. The number of hydrogen-bond acceptors (Lipinski definition) is 5. The van der Waals surface area contributed by atoms with Crippen LogP contribution in [-0.2, 0) is 43.5 Å². The first-order valence-corrected chi connectivity index (χ1v) is 12.9. The van der Waals surface area contributed by atoms with Crippen LogP contribution in [0.15, 0.2) is 71.6 Å². The Kier molecular flexibility index (Phi) is 7.77. The quantitative estimate of drug-likeness (QED) is 0.340. The van der Waals surface area contributed by atoms with Gasteiger partial charge in [-0.15, -0.1) is 0 Å². The van der Waals surface area contributed by atoms with Gasteiger partial charge in [0.15, 0.2) is 6.61 Å². The number of halogens is 5. The van der Waals surface area contributed by atoms with Crippen LogP contribution in [0, 0.1) is 5.82 Å². The topological polar surface area (TPSA) is 92.8 Å². The highest BCUT2D eigenvalue weighted by molar-refractivity contribution is 7.89. The van der Waals surface area contributed by atoms with E-state index in [2.05, 4.69) is 5.32 Å². The summed E-state index contributed by atoms with van der Waals surface area (Å²) in [5.74, 6) is -2.66. The molecule has 1 aliphatic heterocycles. The average Bonchev–Trinajstić information content (AvgIpc) is 2.88. The van der Waals surface area contributed by atoms with Crippen molar-refractivity contribution in [3.63, 3.8) is 0 Å². The molecule has 0 radical (unpaired) electrons. The maximum absolute atomic E-state index is 13.6. The van der Waals surface area contributed by atoms with Crippen LogP contribution < -0.4 is 5.32 Å². The fourth-order valence-corrected chi connectivity index (χ4v) is 5.96. The van der Waals surface area contributed by atoms with Crippen molar-refractivity contribution in [3.05, 3.63) is 94.3 Å². The Morgan fingerprint density at radius 1 is 1.03 bits per heavy atom. The Hall–Kier alpha value is -3.48. The van der Waals surface area contributed by atoms with Gasteiger partial charge < -0.3 is 10.1 Å². The van der Waals surface area contributed by atoms with Crippen molar-refractivity contribution < 1.29 is 40.3 Å². The summed E-state index contributed by atoms with van der Waals surface area (Å²) in [5, 5.41) is 2.10. The first-order valence-electron chi connectivity index (χ1n) is 11.0. The summed E-state index contributed by atoms with van der Waals surface area (Å²) in [6.45, 7) is -1.22. The predicted octanol–water partition coefficient (Wildman–Crippen LogP) is 4.80. The van der Waals surface area contributed by atoms with Crippen LogP contribution in [0.25, 0.3) is 0 Å². The summed E-state index contributed by atoms with van der Waals surface area (Å²) in [6.07, 6.45) is -5.15. The molecule has 0 fully saturated rings. The molecule has 0 saturated heterocycles. The molecule has 1 amide bonds. The predicted molar refractivity (Wildman–Crippen MR) is 129 cm³/mol. The summed E-state index contributed by atoms with van der Waals surface area (Å²) in [5.41, 5.74) is -0.133. The van der Waals surface area contributed by atoms with E-state index in [1.54, 1.807) is 24.3 Å². The van der Waals surface area contributed by atoms with Gasteiger partial charge in [0.05, 0.1) is 15.5 Å². The molecule has 0 saturated carbocycles. The third kappa shape index (κ3) is 5.82. The van der Waals surface area contributed by atoms with Crippen LogP contribution in [0.2, 0.25) is 5.02 Å². The molecule has 0 aliphatic carbocycles. The smallest absolute Gasteiger partial charge is 0.417 e. The molecular formula is C25H19ClF4N2O5S. The van der Waals surface area contributed by atoms with E-state index >= 15 is 0 Å². The lowest BCUT2D eigenvalue weighted by molar-refractivity contribution is -0.151. The van der Waals surface area contributed by atoms with Gasteiger partial charge in [-0.3, -0.25) is 9.59 Å². The zero-order valence-corrected chi connectivity index (χ0v) is 20.9. The number of esters is 1. The monoisotopic (exact) mass is 570 g/mol. The molecule has 1 atom stereocenters. The van der Waals surface area contributed by atoms with Gasteiger partial charge in [-0.25, -0.2) is 12.8 Å². The van der Waals surface area contributed by atoms with Crippen molar-refractivity contribution in [2.24, 2.45) is 0 Å². The highest BCUT2D eigenvalue weighted by atomic mass is 35.5. The van der Waals surface area contributed by atoms with Gasteiger partial charge in [0.1, 0.15) is 11.9 Å². The number of benzene rings is 3. The van der Waals surface area contributed by atoms with Crippen molar-refractivity contribution in [2.75, 3.05) is 11.9 Å². The summed E-state index contributed by atoms with van der Waals surface area (Å²) in [7, 11) is -4.85. The number of hydrogen-bond donors (Lipinski definition) is 1. The summed E-state index contributed by atoms with van der Waals surface area (Å²) < 4.78 is 86.9. The molecule has 3 aromatic carbocycles. The number of amides is 1. The third-order valence-corrected chi connectivity index (χ3v) is 8.01. The minimum absolute atomic E-state index is 0.122. The van der Waals surface area contributed by atoms with Crippen molar-refractivity contribution in [1.29, 1.82) is 0 Å². The number of ether oxygens (including phenoxy) is 1. The van der Waals surface area contributed by atoms with E-state index in [-0.39, 0.29) is 23.7 Å². The van der Waals surface area contributed by atoms with Crippen molar-refractivity contribution in [2.45, 2.75) is 30.1 Å². The second-order valence-corrected chi connectivity index (χ2v) is 10.6. The Morgan fingerprint density at radius 2 is 1.68 bits per heavy atom. The number of carbonyl (C=O) groups is 2. The lowest BCUT2D eigenvalue weighted by Gasteiger charge is -2.34. The van der Waals surface area contributed by atoms with Gasteiger partial charge in [0.2, 0.25) is 10.0 Å². The van der Waals surface area contributed by atoms with E-state index in [1.807, 2.05) is 0 Å². The maximum atomic E-state index is 13.6. The Morgan fingerprint density at radius 3 is 2.37 bits per heavy atom. The number of nitrogens with zero attached hydrogens (tertiary/aromatic N) is 1. The Balaban J connectivity index is 1.59. The SMILES string of the molecule is O=C(COC(=O)[C@H]1Cc2ccccc2CN1S(=O)(=O)c1ccccc1C(F)(F)F)Nc1ccc(F)c(Cl)c1. The molecular weight excluding hydrogens is 552 g/mol. The Bertz CT molecular complexity index is 1500. The molecule has 1 aliphatic rings. The van der Waals surface area contributed by atoms with E-state index in [0.717, 1.165) is 30.3 Å². The molecule has 4 rings (SSSR count). The van der Waals surface area contributed by atoms with Gasteiger partial charge in [-0.1, -0.05) is 48.0 Å². The highest BCUT2D eigenvalue weighted by Crippen LogP contribution is 2.37. The normalized spacial score (nSPS) is 16.0. The second-order valence-electron chi connectivity index (χ2n) is 8.32. The third-order valence-electron chi connectivity index (χ3n) is 5.81. The van der Waals surface area contributed by atoms with Crippen LogP contribution in [0.3, 0.4) is 0 Å². The number of anilines is 1. The van der Waals surface area contributed by atoms with Crippen LogP contribution in [0.1, 0.15) is 16.7 Å². The minimum atomic E-state index is -4.96. The van der Waals surface area contributed by atoms with Crippen LogP contribution in [0.5, 0.6) is 0 Å². The summed E-state index contributed by atoms with van der Waals surface area (Å²) in [4.78, 5) is 24.3. The molecule has 0 bridgehead atoms. The van der Waals surface area contributed by atoms with Crippen LogP contribution >= 0.6 is 11.6 Å². The number of sulfonamides is 1. The highest BCUT2D eigenvalue weighted by Gasteiger charge is 2.44. The molecule has 1 N–H and O–H groups in total. The number of alkyl halides is 3. The standard InChI is InChI=1S/C25H19ClF4N2O5S/c26-19-12-17(9-10-20(19)27)31-23(33)14-37-24(34)21-11-15-5-1-2-6-16(15)13-32(21)38(35,36)22-8-4-3-7-18(22)25(28,29)30/h1-10,12,21H,11,13-14H2,(H,31,33)/t21-/m1/s1. The number of carbonyl (C=O) groups excluding carboxylic acids is 2. The first-order chi connectivity index (χ1) is 17.9. The van der Waals surface area contributed by atoms with E-state index in [9.17, 15) is 35.6 Å². The van der Waals surface area contributed by atoms with Crippen LogP contribution in [0.4, 0.5) is 23.2 Å². The zero-order chi connectivity index (χ0) is 27.7. The minimum Gasteiger partial charge on any atom is -0.454 e. The molecule has 200 valence electrons. The molecule has 3 aromatic rings. The lowest BCUT2D eigenvalue weighted by Crippen LogP contribution is -2.49. The summed E-state index contributed by atoms with van der Waals surface area (Å²) >= 11 is 5.67. The number of rotatable bonds is 6. The van der Waals surface area contributed by atoms with Crippen molar-refractivity contribution >= 4 is 39.2 Å². The van der Waals surface area contributed by atoms with Crippen LogP contribution in [-0.4, -0.2) is 37.2 Å². The Labute approximate surface area is 220 Å². The van der Waals surface area contributed by atoms with Crippen molar-refractivity contribution in [1.82, 2.24) is 4.31 Å². The van der Waals surface area contributed by atoms with E-state index in [4.69, 9.17) is 16.3 Å². The van der Waals surface area contributed by atoms with Crippen molar-refractivity contribution in [3.8, 4) is 0 Å². The summed E-state index contributed by atoms with van der Waals surface area (Å²) in [6, 6.07) is 12.1. The molecule has 7 nitrogen and oxygen atoms in total. The molecule has 13 heteroatoms. The van der Waals surface area contributed by atoms with Gasteiger partial charge in [0.25, 0.3) is 5.91 Å². The van der Waals surface area contributed by atoms with E-state index in [0.29, 0.717) is 21.5 Å². The maximum Gasteiger partial charge on any atom is 0.417 e. The molecule has 0 spiro atoms. The van der Waals surface area contributed by atoms with Gasteiger partial charge >= 0.3 is 12.1 Å². The zero-order valence-electron chi connectivity index (χ0n) is 19.3. The van der Waals surface area contributed by atoms with Gasteiger partial charge in [0, 0.05) is 18.7 Å². The lowest BCUT2D eigenvalue weighted by atomic mass is 9.96. The molecule has 0 aromatic heterocycles.